The van der Waals surface area contributed by atoms with Gasteiger partial charge in [0, 0.05) is 31.7 Å². The molecule has 2 aromatic heterocycles. The Kier molecular flexibility index (Phi) is 4.33. The molecule has 1 N–H and O–H groups in total. The first kappa shape index (κ1) is 16.0. The number of rotatable bonds is 4. The topological polar surface area (TPSA) is 88.8 Å². The maximum atomic E-state index is 12.7. The smallest absolute Gasteiger partial charge is 0.321 e. The normalized spacial score (nSPS) is 20.5. The van der Waals surface area contributed by atoms with Crippen LogP contribution in [0.4, 0.5) is 10.5 Å². The van der Waals surface area contributed by atoms with E-state index in [4.69, 9.17) is 0 Å². The van der Waals surface area contributed by atoms with E-state index in [0.717, 1.165) is 62.5 Å². The average molecular weight is 341 g/mol. The molecule has 25 heavy (non-hydrogen) atoms. The number of urea groups is 1. The van der Waals surface area contributed by atoms with Gasteiger partial charge in [-0.25, -0.2) is 14.8 Å². The fraction of sp³-hybridized carbons (Fsp3) is 0.588. The van der Waals surface area contributed by atoms with Crippen LogP contribution < -0.4 is 5.32 Å². The summed E-state index contributed by atoms with van der Waals surface area (Å²) in [6.45, 7) is 4.20. The zero-order chi connectivity index (χ0) is 17.2. The molecule has 1 saturated carbocycles. The molecule has 3 heterocycles. The van der Waals surface area contributed by atoms with Crippen molar-refractivity contribution in [1.82, 2.24) is 29.9 Å². The third-order valence-electron chi connectivity index (χ3n) is 4.87. The predicted octanol–water partition coefficient (Wildman–Crippen LogP) is 2.20. The molecule has 0 unspecified atom stereocenters. The number of carbonyl (C=O) groups excluding carboxylic acids is 1. The van der Waals surface area contributed by atoms with Crippen LogP contribution in [0.1, 0.15) is 43.1 Å². The van der Waals surface area contributed by atoms with Crippen LogP contribution in [0.5, 0.6) is 0 Å². The van der Waals surface area contributed by atoms with Gasteiger partial charge in [-0.05, 0) is 38.5 Å². The number of aromatic nitrogens is 5. The van der Waals surface area contributed by atoms with E-state index in [1.165, 1.54) is 0 Å². The van der Waals surface area contributed by atoms with E-state index in [-0.39, 0.29) is 6.03 Å². The Hall–Kier alpha value is -2.51. The summed E-state index contributed by atoms with van der Waals surface area (Å²) in [6, 6.07) is -0.0577. The molecule has 1 saturated heterocycles. The first-order valence-electron chi connectivity index (χ1n) is 8.92. The van der Waals surface area contributed by atoms with E-state index in [1.54, 1.807) is 12.4 Å². The van der Waals surface area contributed by atoms with Crippen LogP contribution >= 0.6 is 0 Å². The van der Waals surface area contributed by atoms with Crippen LogP contribution in [0.15, 0.2) is 18.6 Å². The highest BCUT2D eigenvalue weighted by Crippen LogP contribution is 2.42. The fourth-order valence-electron chi connectivity index (χ4n) is 3.44. The molecule has 0 spiro atoms. The first-order valence-corrected chi connectivity index (χ1v) is 8.92. The van der Waals surface area contributed by atoms with Gasteiger partial charge in [0.15, 0.2) is 0 Å². The highest BCUT2D eigenvalue weighted by Gasteiger charge is 2.30. The highest BCUT2D eigenvalue weighted by molar-refractivity contribution is 5.90. The molecule has 0 bridgehead atoms. The molecule has 132 valence electrons. The van der Waals surface area contributed by atoms with Crippen molar-refractivity contribution in [3.05, 3.63) is 30.1 Å². The molecule has 8 heteroatoms. The van der Waals surface area contributed by atoms with Crippen molar-refractivity contribution >= 4 is 11.7 Å². The van der Waals surface area contributed by atoms with Crippen molar-refractivity contribution in [1.29, 1.82) is 0 Å². The van der Waals surface area contributed by atoms with Crippen molar-refractivity contribution in [2.45, 2.75) is 45.1 Å². The van der Waals surface area contributed by atoms with Crippen molar-refractivity contribution in [3.8, 4) is 0 Å². The van der Waals surface area contributed by atoms with Crippen molar-refractivity contribution in [2.75, 3.05) is 18.4 Å². The predicted molar refractivity (Wildman–Crippen MR) is 92.1 cm³/mol. The molecule has 8 nitrogen and oxygen atoms in total. The lowest BCUT2D eigenvalue weighted by Crippen LogP contribution is -2.43. The van der Waals surface area contributed by atoms with Gasteiger partial charge in [0.05, 0.1) is 23.8 Å². The lowest BCUT2D eigenvalue weighted by atomic mass is 9.98. The summed E-state index contributed by atoms with van der Waals surface area (Å²) in [4.78, 5) is 23.4. The monoisotopic (exact) mass is 341 g/mol. The number of nitrogens with zero attached hydrogens (tertiary/aromatic N) is 6. The second-order valence-corrected chi connectivity index (χ2v) is 7.00. The molecule has 2 aliphatic rings. The number of anilines is 1. The van der Waals surface area contributed by atoms with E-state index >= 15 is 0 Å². The lowest BCUT2D eigenvalue weighted by Gasteiger charge is -2.32. The highest BCUT2D eigenvalue weighted by atomic mass is 16.2. The van der Waals surface area contributed by atoms with Crippen LogP contribution in [-0.2, 0) is 6.54 Å². The molecule has 2 aromatic rings. The minimum Gasteiger partial charge on any atom is -0.324 e. The van der Waals surface area contributed by atoms with Crippen molar-refractivity contribution < 1.29 is 4.79 Å². The van der Waals surface area contributed by atoms with Crippen LogP contribution in [-0.4, -0.2) is 49.0 Å². The minimum atomic E-state index is -0.0577. The second-order valence-electron chi connectivity index (χ2n) is 7.00. The van der Waals surface area contributed by atoms with Gasteiger partial charge < -0.3 is 10.2 Å². The molecule has 1 aliphatic heterocycles. The third kappa shape index (κ3) is 3.78. The molecule has 2 amide bonds. The van der Waals surface area contributed by atoms with Crippen LogP contribution in [0.3, 0.4) is 0 Å². The molecular formula is C17H23N7O. The Morgan fingerprint density at radius 2 is 2.24 bits per heavy atom. The first-order chi connectivity index (χ1) is 12.2. The Labute approximate surface area is 146 Å². The number of carbonyl (C=O) groups is 1. The molecule has 1 aliphatic carbocycles. The standard InChI is InChI=1S/C17H23N7O/c1-12-18-9-15(16(20-12)14-4-5-14)21-17(25)23-7-2-3-13(10-23)11-24-8-6-19-22-24/h6,8-9,13-14H,2-5,7,10-11H2,1H3,(H,21,25)/t13-/m0/s1. The second kappa shape index (κ2) is 6.78. The summed E-state index contributed by atoms with van der Waals surface area (Å²) < 4.78 is 1.84. The maximum Gasteiger partial charge on any atom is 0.321 e. The van der Waals surface area contributed by atoms with Crippen molar-refractivity contribution in [2.24, 2.45) is 5.92 Å². The zero-order valence-corrected chi connectivity index (χ0v) is 14.4. The van der Waals surface area contributed by atoms with E-state index < -0.39 is 0 Å². The number of likely N-dealkylation sites (tertiary alicyclic amines) is 1. The van der Waals surface area contributed by atoms with E-state index in [0.29, 0.717) is 11.8 Å². The molecule has 1 atom stereocenters. The average Bonchev–Trinajstić information content (AvgIpc) is 3.34. The Morgan fingerprint density at radius 3 is 3.00 bits per heavy atom. The van der Waals surface area contributed by atoms with Gasteiger partial charge >= 0.3 is 6.03 Å². The zero-order valence-electron chi connectivity index (χ0n) is 14.4. The van der Waals surface area contributed by atoms with Gasteiger partial charge in [-0.2, -0.15) is 0 Å². The third-order valence-corrected chi connectivity index (χ3v) is 4.87. The molecule has 2 fully saturated rings. The number of amides is 2. The van der Waals surface area contributed by atoms with Crippen LogP contribution in [0, 0.1) is 12.8 Å². The summed E-state index contributed by atoms with van der Waals surface area (Å²) in [7, 11) is 0. The van der Waals surface area contributed by atoms with Crippen molar-refractivity contribution in [3.63, 3.8) is 0 Å². The Bertz CT molecular complexity index is 741. The van der Waals surface area contributed by atoms with Crippen LogP contribution in [0.25, 0.3) is 0 Å². The minimum absolute atomic E-state index is 0.0577. The van der Waals surface area contributed by atoms with Gasteiger partial charge in [-0.15, -0.1) is 5.10 Å². The summed E-state index contributed by atoms with van der Waals surface area (Å²) in [6.07, 6.45) is 9.68. The van der Waals surface area contributed by atoms with Gasteiger partial charge in [0.1, 0.15) is 5.82 Å². The van der Waals surface area contributed by atoms with E-state index in [2.05, 4.69) is 25.6 Å². The SMILES string of the molecule is Cc1ncc(NC(=O)N2CCC[C@H](Cn3ccnn3)C2)c(C2CC2)n1. The van der Waals surface area contributed by atoms with Crippen LogP contribution in [0.2, 0.25) is 0 Å². The number of hydrogen-bond acceptors (Lipinski definition) is 5. The molecule has 4 rings (SSSR count). The Balaban J connectivity index is 1.41. The number of piperidine rings is 1. The summed E-state index contributed by atoms with van der Waals surface area (Å²) >= 11 is 0. The van der Waals surface area contributed by atoms with Gasteiger partial charge in [0.2, 0.25) is 0 Å². The number of aryl methyl sites for hydroxylation is 1. The van der Waals surface area contributed by atoms with Gasteiger partial charge in [-0.3, -0.25) is 4.68 Å². The summed E-state index contributed by atoms with van der Waals surface area (Å²) in [5.41, 5.74) is 1.74. The molecule has 0 aromatic carbocycles. The fourth-order valence-corrected chi connectivity index (χ4v) is 3.44. The quantitative estimate of drug-likeness (QED) is 0.921. The number of hydrogen-bond donors (Lipinski definition) is 1. The van der Waals surface area contributed by atoms with Gasteiger partial charge in [0.25, 0.3) is 0 Å². The van der Waals surface area contributed by atoms with E-state index in [1.807, 2.05) is 22.7 Å². The maximum absolute atomic E-state index is 12.7. The largest absolute Gasteiger partial charge is 0.324 e. The lowest BCUT2D eigenvalue weighted by molar-refractivity contribution is 0.168. The summed E-state index contributed by atoms with van der Waals surface area (Å²) in [5, 5.41) is 10.9. The van der Waals surface area contributed by atoms with Gasteiger partial charge in [-0.1, -0.05) is 5.21 Å². The van der Waals surface area contributed by atoms with E-state index in [9.17, 15) is 4.79 Å². The molecule has 0 radical (unpaired) electrons. The number of nitrogens with one attached hydrogen (secondary N) is 1. The summed E-state index contributed by atoms with van der Waals surface area (Å²) in [5.74, 6) is 1.63. The Morgan fingerprint density at radius 1 is 1.36 bits per heavy atom. The molecular weight excluding hydrogens is 318 g/mol.